The molecule has 0 spiro atoms. The van der Waals surface area contributed by atoms with Gasteiger partial charge in [-0.1, -0.05) is 42.6 Å². The van der Waals surface area contributed by atoms with Crippen molar-refractivity contribution in [2.45, 2.75) is 31.7 Å². The number of nitrogens with zero attached hydrogens (tertiary/aromatic N) is 3. The summed E-state index contributed by atoms with van der Waals surface area (Å²) >= 11 is 6.10. The molecule has 27 heavy (non-hydrogen) atoms. The normalized spacial score (nSPS) is 17.1. The summed E-state index contributed by atoms with van der Waals surface area (Å²) in [7, 11) is 0. The van der Waals surface area contributed by atoms with E-state index in [-0.39, 0.29) is 6.04 Å². The molecule has 1 aromatic carbocycles. The molecule has 0 amide bonds. The molecule has 1 unspecified atom stereocenters. The van der Waals surface area contributed by atoms with Gasteiger partial charge in [-0.15, -0.1) is 0 Å². The van der Waals surface area contributed by atoms with Crippen LogP contribution < -0.4 is 5.73 Å². The number of benzene rings is 1. The van der Waals surface area contributed by atoms with Gasteiger partial charge in [0.25, 0.3) is 0 Å². The first kappa shape index (κ1) is 20.3. The summed E-state index contributed by atoms with van der Waals surface area (Å²) in [5.74, 6) is 0. The Hall–Kier alpha value is -1.46. The van der Waals surface area contributed by atoms with Crippen molar-refractivity contribution in [1.29, 1.82) is 0 Å². The zero-order valence-electron chi connectivity index (χ0n) is 16.1. The number of hydrogen-bond acceptors (Lipinski definition) is 4. The lowest BCUT2D eigenvalue weighted by Crippen LogP contribution is -2.48. The minimum absolute atomic E-state index is 0.190. The highest BCUT2D eigenvalue weighted by molar-refractivity contribution is 6.30. The molecule has 146 valence electrons. The molecule has 3 rings (SSSR count). The van der Waals surface area contributed by atoms with Crippen LogP contribution in [-0.4, -0.2) is 54.1 Å². The Morgan fingerprint density at radius 1 is 0.926 bits per heavy atom. The Balaban J connectivity index is 1.61. The van der Waals surface area contributed by atoms with Crippen LogP contribution in [0.15, 0.2) is 48.7 Å². The molecule has 0 aliphatic carbocycles. The van der Waals surface area contributed by atoms with E-state index in [0.29, 0.717) is 0 Å². The van der Waals surface area contributed by atoms with Gasteiger partial charge in [0, 0.05) is 37.4 Å². The summed E-state index contributed by atoms with van der Waals surface area (Å²) in [5.41, 5.74) is 7.94. The second-order valence-corrected chi connectivity index (χ2v) is 7.73. The average molecular weight is 387 g/mol. The summed E-state index contributed by atoms with van der Waals surface area (Å²) in [6, 6.07) is 14.6. The van der Waals surface area contributed by atoms with E-state index in [9.17, 15) is 0 Å². The summed E-state index contributed by atoms with van der Waals surface area (Å²) in [6.07, 6.45) is 6.87. The molecule has 0 saturated carbocycles. The zero-order valence-corrected chi connectivity index (χ0v) is 16.8. The Bertz CT molecular complexity index is 654. The lowest BCUT2D eigenvalue weighted by molar-refractivity contribution is 0.107. The summed E-state index contributed by atoms with van der Waals surface area (Å²) < 4.78 is 0. The van der Waals surface area contributed by atoms with Gasteiger partial charge in [-0.3, -0.25) is 9.88 Å². The summed E-state index contributed by atoms with van der Waals surface area (Å²) in [5, 5.41) is 0.776. The smallest absolute Gasteiger partial charge is 0.0777 e. The largest absolute Gasteiger partial charge is 0.330 e. The van der Waals surface area contributed by atoms with Crippen molar-refractivity contribution >= 4 is 11.6 Å². The van der Waals surface area contributed by atoms with Gasteiger partial charge in [0.1, 0.15) is 0 Å². The molecule has 1 aliphatic heterocycles. The third-order valence-electron chi connectivity index (χ3n) is 5.35. The minimum Gasteiger partial charge on any atom is -0.330 e. The highest BCUT2D eigenvalue weighted by Gasteiger charge is 2.27. The molecule has 5 heteroatoms. The SMILES string of the molecule is NCCCCCCN1CCN(C(c2ccc(Cl)cc2)c2ccccn2)CC1. The van der Waals surface area contributed by atoms with Crippen LogP contribution in [0.3, 0.4) is 0 Å². The van der Waals surface area contributed by atoms with E-state index in [0.717, 1.165) is 49.9 Å². The van der Waals surface area contributed by atoms with Crippen LogP contribution in [0, 0.1) is 0 Å². The number of rotatable bonds is 9. The number of nitrogens with two attached hydrogens (primary N) is 1. The van der Waals surface area contributed by atoms with Crippen LogP contribution in [0.1, 0.15) is 43.0 Å². The van der Waals surface area contributed by atoms with E-state index < -0.39 is 0 Å². The molecule has 2 aromatic rings. The molecule has 4 nitrogen and oxygen atoms in total. The zero-order chi connectivity index (χ0) is 18.9. The van der Waals surface area contributed by atoms with Gasteiger partial charge in [0.2, 0.25) is 0 Å². The maximum atomic E-state index is 6.10. The Kier molecular flexibility index (Phi) is 8.09. The van der Waals surface area contributed by atoms with Gasteiger partial charge in [0.15, 0.2) is 0 Å². The van der Waals surface area contributed by atoms with E-state index >= 15 is 0 Å². The number of unbranched alkanes of at least 4 members (excludes halogenated alkanes) is 3. The van der Waals surface area contributed by atoms with Crippen LogP contribution in [0.4, 0.5) is 0 Å². The fraction of sp³-hybridized carbons (Fsp3) is 0.500. The molecule has 2 heterocycles. The first-order valence-electron chi connectivity index (χ1n) is 10.1. The van der Waals surface area contributed by atoms with E-state index in [1.54, 1.807) is 0 Å². The van der Waals surface area contributed by atoms with E-state index in [4.69, 9.17) is 17.3 Å². The number of aromatic nitrogens is 1. The standard InChI is InChI=1S/C22H31ClN4/c23-20-10-8-19(9-11-20)22(21-7-3-5-13-25-21)27-17-15-26(16-18-27)14-6-2-1-4-12-24/h3,5,7-11,13,22H,1-2,4,6,12,14-18,24H2. The predicted molar refractivity (Wildman–Crippen MR) is 113 cm³/mol. The number of hydrogen-bond donors (Lipinski definition) is 1. The number of piperazine rings is 1. The molecular weight excluding hydrogens is 356 g/mol. The fourth-order valence-electron chi connectivity index (χ4n) is 3.83. The molecule has 0 radical (unpaired) electrons. The van der Waals surface area contributed by atoms with Crippen LogP contribution in [0.5, 0.6) is 0 Å². The van der Waals surface area contributed by atoms with Crippen molar-refractivity contribution in [3.8, 4) is 0 Å². The molecule has 1 saturated heterocycles. The van der Waals surface area contributed by atoms with E-state index in [1.165, 1.54) is 31.4 Å². The molecule has 0 bridgehead atoms. The molecule has 1 atom stereocenters. The topological polar surface area (TPSA) is 45.4 Å². The third-order valence-corrected chi connectivity index (χ3v) is 5.61. The summed E-state index contributed by atoms with van der Waals surface area (Å²) in [4.78, 5) is 9.80. The first-order chi connectivity index (χ1) is 13.3. The van der Waals surface area contributed by atoms with Crippen molar-refractivity contribution < 1.29 is 0 Å². The second kappa shape index (κ2) is 10.8. The van der Waals surface area contributed by atoms with Gasteiger partial charge in [-0.2, -0.15) is 0 Å². The monoisotopic (exact) mass is 386 g/mol. The molecule has 1 aliphatic rings. The molecule has 1 aromatic heterocycles. The van der Waals surface area contributed by atoms with Crippen LogP contribution in [-0.2, 0) is 0 Å². The van der Waals surface area contributed by atoms with Gasteiger partial charge >= 0.3 is 0 Å². The molecule has 1 fully saturated rings. The molecular formula is C22H31ClN4. The quantitative estimate of drug-likeness (QED) is 0.662. The lowest BCUT2D eigenvalue weighted by atomic mass is 10.0. The van der Waals surface area contributed by atoms with Crippen molar-refractivity contribution in [2.24, 2.45) is 5.73 Å². The van der Waals surface area contributed by atoms with Gasteiger partial charge in [-0.25, -0.2) is 0 Å². The van der Waals surface area contributed by atoms with Crippen LogP contribution >= 0.6 is 11.6 Å². The van der Waals surface area contributed by atoms with E-state index in [2.05, 4.69) is 39.0 Å². The van der Waals surface area contributed by atoms with E-state index in [1.807, 2.05) is 24.4 Å². The maximum absolute atomic E-state index is 6.10. The number of halogens is 1. The van der Waals surface area contributed by atoms with Gasteiger partial charge in [0.05, 0.1) is 11.7 Å². The minimum atomic E-state index is 0.190. The third kappa shape index (κ3) is 6.01. The highest BCUT2D eigenvalue weighted by Crippen LogP contribution is 2.29. The van der Waals surface area contributed by atoms with Crippen LogP contribution in [0.2, 0.25) is 5.02 Å². The van der Waals surface area contributed by atoms with Crippen LogP contribution in [0.25, 0.3) is 0 Å². The Labute approximate surface area is 168 Å². The van der Waals surface area contributed by atoms with Gasteiger partial charge in [-0.05, 0) is 55.8 Å². The maximum Gasteiger partial charge on any atom is 0.0777 e. The predicted octanol–water partition coefficient (Wildman–Crippen LogP) is 3.96. The van der Waals surface area contributed by atoms with Crippen molar-refractivity contribution in [1.82, 2.24) is 14.8 Å². The molecule has 2 N–H and O–H groups in total. The highest BCUT2D eigenvalue weighted by atomic mass is 35.5. The lowest BCUT2D eigenvalue weighted by Gasteiger charge is -2.39. The van der Waals surface area contributed by atoms with Crippen molar-refractivity contribution in [3.05, 3.63) is 64.9 Å². The first-order valence-corrected chi connectivity index (χ1v) is 10.5. The van der Waals surface area contributed by atoms with Crippen molar-refractivity contribution in [3.63, 3.8) is 0 Å². The summed E-state index contributed by atoms with van der Waals surface area (Å²) in [6.45, 7) is 6.38. The second-order valence-electron chi connectivity index (χ2n) is 7.29. The Morgan fingerprint density at radius 2 is 1.67 bits per heavy atom. The van der Waals surface area contributed by atoms with Crippen molar-refractivity contribution in [2.75, 3.05) is 39.3 Å². The fourth-order valence-corrected chi connectivity index (χ4v) is 3.96. The number of pyridine rings is 1. The van der Waals surface area contributed by atoms with Gasteiger partial charge < -0.3 is 10.6 Å². The Morgan fingerprint density at radius 3 is 2.33 bits per heavy atom. The average Bonchev–Trinajstić information content (AvgIpc) is 2.71.